The van der Waals surface area contributed by atoms with Gasteiger partial charge in [0.15, 0.2) is 6.61 Å². The van der Waals surface area contributed by atoms with Crippen LogP contribution in [0.3, 0.4) is 0 Å². The highest BCUT2D eigenvalue weighted by molar-refractivity contribution is 6.30. The van der Waals surface area contributed by atoms with Crippen LogP contribution in [0.25, 0.3) is 6.08 Å². The lowest BCUT2D eigenvalue weighted by Gasteiger charge is -2.25. The molecular formula is C25H21N3O6. The Morgan fingerprint density at radius 1 is 1.06 bits per heavy atom. The van der Waals surface area contributed by atoms with Crippen molar-refractivity contribution in [1.29, 1.82) is 0 Å². The normalized spacial score (nSPS) is 14.8. The van der Waals surface area contributed by atoms with Crippen LogP contribution in [-0.2, 0) is 20.9 Å². The van der Waals surface area contributed by atoms with Gasteiger partial charge < -0.3 is 14.5 Å². The van der Waals surface area contributed by atoms with Crippen LogP contribution < -0.4 is 15.4 Å². The van der Waals surface area contributed by atoms with Crippen LogP contribution in [0.2, 0.25) is 0 Å². The summed E-state index contributed by atoms with van der Waals surface area (Å²) in [6, 6.07) is 16.4. The summed E-state index contributed by atoms with van der Waals surface area (Å²) in [5, 5.41) is 4.90. The second-order valence-corrected chi connectivity index (χ2v) is 7.56. The number of rotatable bonds is 7. The van der Waals surface area contributed by atoms with Crippen LogP contribution >= 0.6 is 0 Å². The van der Waals surface area contributed by atoms with E-state index < -0.39 is 17.8 Å². The minimum absolute atomic E-state index is 0.0975. The second-order valence-electron chi connectivity index (χ2n) is 7.56. The standard InChI is InChI=1S/C25H21N3O6/c1-16-4-8-18(9-5-16)26-22(29)15-34-19-10-6-17(7-11-19)13-21-23(30)27-25(32)28(24(21)31)14-20-3-2-12-33-20/h2-13H,14-15H2,1H3,(H,26,29)(H,27,30,32)/b21-13+. The zero-order valence-electron chi connectivity index (χ0n) is 18.2. The number of anilines is 1. The largest absolute Gasteiger partial charge is 0.484 e. The van der Waals surface area contributed by atoms with Gasteiger partial charge in [0, 0.05) is 5.69 Å². The van der Waals surface area contributed by atoms with Gasteiger partial charge in [0.2, 0.25) is 0 Å². The SMILES string of the molecule is Cc1ccc(NC(=O)COc2ccc(/C=C3\C(=O)NC(=O)N(Cc4ccco4)C3=O)cc2)cc1. The average Bonchev–Trinajstić information content (AvgIpc) is 3.34. The summed E-state index contributed by atoms with van der Waals surface area (Å²) in [6.45, 7) is 1.68. The van der Waals surface area contributed by atoms with Gasteiger partial charge in [-0.1, -0.05) is 29.8 Å². The monoisotopic (exact) mass is 459 g/mol. The molecular weight excluding hydrogens is 438 g/mol. The molecule has 9 nitrogen and oxygen atoms in total. The molecule has 2 heterocycles. The lowest BCUT2D eigenvalue weighted by Crippen LogP contribution is -2.53. The van der Waals surface area contributed by atoms with E-state index in [1.54, 1.807) is 36.4 Å². The number of ether oxygens (including phenoxy) is 1. The number of urea groups is 1. The Morgan fingerprint density at radius 2 is 1.79 bits per heavy atom. The molecule has 0 radical (unpaired) electrons. The van der Waals surface area contributed by atoms with Gasteiger partial charge in [0.05, 0.1) is 12.8 Å². The van der Waals surface area contributed by atoms with Gasteiger partial charge in [-0.25, -0.2) is 4.79 Å². The van der Waals surface area contributed by atoms with Crippen molar-refractivity contribution in [3.05, 3.63) is 89.4 Å². The van der Waals surface area contributed by atoms with Crippen molar-refractivity contribution in [2.75, 3.05) is 11.9 Å². The molecule has 1 fully saturated rings. The van der Waals surface area contributed by atoms with Crippen molar-refractivity contribution < 1.29 is 28.3 Å². The number of nitrogens with zero attached hydrogens (tertiary/aromatic N) is 1. The number of nitrogens with one attached hydrogen (secondary N) is 2. The number of furan rings is 1. The molecule has 1 aliphatic heterocycles. The minimum Gasteiger partial charge on any atom is -0.484 e. The molecule has 34 heavy (non-hydrogen) atoms. The molecule has 172 valence electrons. The number of carbonyl (C=O) groups is 4. The Balaban J connectivity index is 1.38. The smallest absolute Gasteiger partial charge is 0.331 e. The van der Waals surface area contributed by atoms with E-state index in [-0.39, 0.29) is 24.6 Å². The minimum atomic E-state index is -0.809. The third-order valence-electron chi connectivity index (χ3n) is 4.98. The fraction of sp³-hybridized carbons (Fsp3) is 0.120. The van der Waals surface area contributed by atoms with Gasteiger partial charge in [-0.15, -0.1) is 0 Å². The number of hydrogen-bond acceptors (Lipinski definition) is 6. The lowest BCUT2D eigenvalue weighted by molar-refractivity contribution is -0.130. The molecule has 1 aromatic heterocycles. The third-order valence-corrected chi connectivity index (χ3v) is 4.98. The van der Waals surface area contributed by atoms with E-state index in [1.165, 1.54) is 12.3 Å². The molecule has 0 spiro atoms. The Hall–Kier alpha value is -4.66. The van der Waals surface area contributed by atoms with E-state index in [4.69, 9.17) is 9.15 Å². The first kappa shape index (κ1) is 22.5. The maximum Gasteiger partial charge on any atom is 0.331 e. The highest BCUT2D eigenvalue weighted by Crippen LogP contribution is 2.19. The highest BCUT2D eigenvalue weighted by Gasteiger charge is 2.36. The van der Waals surface area contributed by atoms with Crippen LogP contribution in [0.4, 0.5) is 10.5 Å². The van der Waals surface area contributed by atoms with Crippen molar-refractivity contribution in [2.45, 2.75) is 13.5 Å². The Kier molecular flexibility index (Phi) is 6.54. The maximum atomic E-state index is 12.8. The van der Waals surface area contributed by atoms with Crippen LogP contribution in [0, 0.1) is 6.92 Å². The van der Waals surface area contributed by atoms with Crippen LogP contribution in [0.1, 0.15) is 16.9 Å². The van der Waals surface area contributed by atoms with Crippen molar-refractivity contribution >= 4 is 35.5 Å². The molecule has 9 heteroatoms. The van der Waals surface area contributed by atoms with Crippen LogP contribution in [0.5, 0.6) is 5.75 Å². The molecule has 0 atom stereocenters. The van der Waals surface area contributed by atoms with E-state index >= 15 is 0 Å². The predicted molar refractivity (Wildman–Crippen MR) is 123 cm³/mol. The number of amides is 5. The van der Waals surface area contributed by atoms with Gasteiger partial charge in [-0.3, -0.25) is 24.6 Å². The second kappa shape index (κ2) is 9.86. The summed E-state index contributed by atoms with van der Waals surface area (Å²) in [7, 11) is 0. The van der Waals surface area contributed by atoms with Crippen LogP contribution in [-0.4, -0.2) is 35.3 Å². The first-order valence-electron chi connectivity index (χ1n) is 10.4. The van der Waals surface area contributed by atoms with E-state index in [0.717, 1.165) is 10.5 Å². The molecule has 0 aliphatic carbocycles. The predicted octanol–water partition coefficient (Wildman–Crippen LogP) is 3.27. The molecule has 0 bridgehead atoms. The van der Waals surface area contributed by atoms with E-state index in [9.17, 15) is 19.2 Å². The number of carbonyl (C=O) groups excluding carboxylic acids is 4. The summed E-state index contributed by atoms with van der Waals surface area (Å²) < 4.78 is 10.7. The Bertz CT molecular complexity index is 1240. The molecule has 2 aromatic carbocycles. The molecule has 3 aromatic rings. The number of barbiturate groups is 1. The van der Waals surface area contributed by atoms with Crippen molar-refractivity contribution in [3.63, 3.8) is 0 Å². The summed E-state index contributed by atoms with van der Waals surface area (Å²) in [4.78, 5) is 50.1. The molecule has 4 rings (SSSR count). The van der Waals surface area contributed by atoms with E-state index in [1.807, 2.05) is 31.2 Å². The first-order valence-corrected chi connectivity index (χ1v) is 10.4. The number of hydrogen-bond donors (Lipinski definition) is 2. The summed E-state index contributed by atoms with van der Waals surface area (Å²) >= 11 is 0. The lowest BCUT2D eigenvalue weighted by atomic mass is 10.1. The average molecular weight is 459 g/mol. The number of aryl methyl sites for hydroxylation is 1. The van der Waals surface area contributed by atoms with Gasteiger partial charge in [0.25, 0.3) is 17.7 Å². The fourth-order valence-electron chi connectivity index (χ4n) is 3.21. The fourth-order valence-corrected chi connectivity index (χ4v) is 3.21. The summed E-state index contributed by atoms with van der Waals surface area (Å²) in [5.74, 6) is -0.960. The van der Waals surface area contributed by atoms with Crippen molar-refractivity contribution in [1.82, 2.24) is 10.2 Å². The van der Waals surface area contributed by atoms with E-state index in [2.05, 4.69) is 10.6 Å². The van der Waals surface area contributed by atoms with E-state index in [0.29, 0.717) is 22.8 Å². The first-order chi connectivity index (χ1) is 16.4. The maximum absolute atomic E-state index is 12.8. The van der Waals surface area contributed by atoms with Gasteiger partial charge >= 0.3 is 6.03 Å². The molecule has 0 unspecified atom stereocenters. The topological polar surface area (TPSA) is 118 Å². The quantitative estimate of drug-likeness (QED) is 0.414. The van der Waals surface area contributed by atoms with Gasteiger partial charge in [-0.05, 0) is 55.0 Å². The van der Waals surface area contributed by atoms with Gasteiger partial charge in [0.1, 0.15) is 17.1 Å². The van der Waals surface area contributed by atoms with Crippen LogP contribution in [0.15, 0.2) is 76.9 Å². The Labute approximate surface area is 195 Å². The summed E-state index contributed by atoms with van der Waals surface area (Å²) in [5.41, 5.74) is 2.13. The third kappa shape index (κ3) is 5.39. The number of benzene rings is 2. The number of imide groups is 2. The summed E-state index contributed by atoms with van der Waals surface area (Å²) in [6.07, 6.45) is 2.81. The Morgan fingerprint density at radius 3 is 2.47 bits per heavy atom. The molecule has 1 aliphatic rings. The zero-order chi connectivity index (χ0) is 24.1. The zero-order valence-corrected chi connectivity index (χ0v) is 18.2. The van der Waals surface area contributed by atoms with Crippen molar-refractivity contribution in [2.24, 2.45) is 0 Å². The highest BCUT2D eigenvalue weighted by atomic mass is 16.5. The van der Waals surface area contributed by atoms with Crippen molar-refractivity contribution in [3.8, 4) is 5.75 Å². The van der Waals surface area contributed by atoms with Gasteiger partial charge in [-0.2, -0.15) is 0 Å². The molecule has 0 saturated carbocycles. The molecule has 5 amide bonds. The molecule has 1 saturated heterocycles. The molecule has 2 N–H and O–H groups in total.